The first kappa shape index (κ1) is 24.2. The molecule has 204 valence electrons. The van der Waals surface area contributed by atoms with Crippen molar-refractivity contribution in [3.05, 3.63) is 143 Å². The molecule has 8 aromatic rings. The maximum absolute atomic E-state index is 13.1. The van der Waals surface area contributed by atoms with Crippen LogP contribution in [0.4, 0.5) is 0 Å². The number of pyridine rings is 1. The van der Waals surface area contributed by atoms with Crippen LogP contribution in [0.15, 0.2) is 131 Å². The highest BCUT2D eigenvalue weighted by Crippen LogP contribution is 2.50. The quantitative estimate of drug-likeness (QED) is 0.200. The van der Waals surface area contributed by atoms with Crippen molar-refractivity contribution in [2.75, 3.05) is 0 Å². The van der Waals surface area contributed by atoms with Gasteiger partial charge in [-0.2, -0.15) is 0 Å². The third-order valence-corrected chi connectivity index (χ3v) is 9.24. The van der Waals surface area contributed by atoms with Gasteiger partial charge in [0.25, 0.3) is 0 Å². The highest BCUT2D eigenvalue weighted by Gasteiger charge is 2.36. The Morgan fingerprint density at radius 3 is 2.35 bits per heavy atom. The number of hydrogen-bond donors (Lipinski definition) is 0. The molecule has 0 saturated carbocycles. The molecule has 1 aliphatic rings. The summed E-state index contributed by atoms with van der Waals surface area (Å²) in [5, 5.41) is 3.51. The summed E-state index contributed by atoms with van der Waals surface area (Å²) in [5.41, 5.74) is 11.5. The average Bonchev–Trinajstić information content (AvgIpc) is 3.48. The fourth-order valence-electron chi connectivity index (χ4n) is 7.10. The molecule has 0 bridgehead atoms. The molecule has 0 unspecified atom stereocenters. The standard InChI is InChI=1S/C39H26N2O2/c1-39(2)32-14-5-3-11-26(32)30-21-31-27-13-8-18-40-38(27)41(34(31)22-33(30)39)25-10-7-9-23(19-25)24-16-17-29-36(20-24)43-35-15-6-4-12-28(35)37(29)42/h3-22H,1-2H3. The van der Waals surface area contributed by atoms with Crippen molar-refractivity contribution in [2.24, 2.45) is 0 Å². The molecule has 0 saturated heterocycles. The second-order valence-corrected chi connectivity index (χ2v) is 12.0. The van der Waals surface area contributed by atoms with Crippen LogP contribution in [0.25, 0.3) is 71.8 Å². The fraction of sp³-hybridized carbons (Fsp3) is 0.0769. The minimum Gasteiger partial charge on any atom is -0.456 e. The number of fused-ring (bicyclic) bond motifs is 8. The van der Waals surface area contributed by atoms with E-state index in [1.54, 1.807) is 0 Å². The third kappa shape index (κ3) is 3.32. The zero-order chi connectivity index (χ0) is 28.9. The topological polar surface area (TPSA) is 48.0 Å². The van der Waals surface area contributed by atoms with Gasteiger partial charge in [0.15, 0.2) is 0 Å². The van der Waals surface area contributed by atoms with Crippen molar-refractivity contribution < 1.29 is 4.42 Å². The molecule has 5 aromatic carbocycles. The van der Waals surface area contributed by atoms with E-state index >= 15 is 0 Å². The average molecular weight is 555 g/mol. The highest BCUT2D eigenvalue weighted by atomic mass is 16.3. The van der Waals surface area contributed by atoms with Crippen LogP contribution < -0.4 is 5.43 Å². The van der Waals surface area contributed by atoms with E-state index in [2.05, 4.69) is 85.1 Å². The predicted molar refractivity (Wildman–Crippen MR) is 175 cm³/mol. The molecule has 0 spiro atoms. The van der Waals surface area contributed by atoms with Gasteiger partial charge >= 0.3 is 0 Å². The van der Waals surface area contributed by atoms with Gasteiger partial charge in [0.1, 0.15) is 16.8 Å². The summed E-state index contributed by atoms with van der Waals surface area (Å²) in [6.07, 6.45) is 1.87. The Balaban J connectivity index is 1.26. The van der Waals surface area contributed by atoms with Crippen LogP contribution >= 0.6 is 0 Å². The second-order valence-electron chi connectivity index (χ2n) is 12.0. The molecule has 0 fully saturated rings. The lowest BCUT2D eigenvalue weighted by Crippen LogP contribution is -2.15. The number of hydrogen-bond acceptors (Lipinski definition) is 3. The SMILES string of the molecule is CC1(C)c2ccccc2-c2cc3c4cccnc4n(-c4cccc(-c5ccc6c(=O)c7ccccc7oc6c5)c4)c3cc21. The molecule has 4 nitrogen and oxygen atoms in total. The highest BCUT2D eigenvalue weighted by molar-refractivity contribution is 6.10. The molecular formula is C39H26N2O2. The van der Waals surface area contributed by atoms with Crippen LogP contribution in [-0.2, 0) is 5.41 Å². The van der Waals surface area contributed by atoms with E-state index in [9.17, 15) is 4.79 Å². The summed E-state index contributed by atoms with van der Waals surface area (Å²) in [5.74, 6) is 0. The first-order valence-electron chi connectivity index (χ1n) is 14.6. The van der Waals surface area contributed by atoms with Gasteiger partial charge in [-0.15, -0.1) is 0 Å². The van der Waals surface area contributed by atoms with Gasteiger partial charge < -0.3 is 4.42 Å². The largest absolute Gasteiger partial charge is 0.456 e. The molecule has 0 radical (unpaired) electrons. The third-order valence-electron chi connectivity index (χ3n) is 9.24. The molecule has 0 atom stereocenters. The zero-order valence-electron chi connectivity index (χ0n) is 23.8. The second kappa shape index (κ2) is 8.52. The van der Waals surface area contributed by atoms with E-state index in [-0.39, 0.29) is 10.8 Å². The van der Waals surface area contributed by atoms with E-state index in [1.165, 1.54) is 27.6 Å². The summed E-state index contributed by atoms with van der Waals surface area (Å²) < 4.78 is 8.46. The Labute approximate surface area is 247 Å². The molecule has 1 aliphatic carbocycles. The maximum atomic E-state index is 13.1. The van der Waals surface area contributed by atoms with E-state index in [0.717, 1.165) is 33.4 Å². The summed E-state index contributed by atoms with van der Waals surface area (Å²) in [7, 11) is 0. The van der Waals surface area contributed by atoms with Gasteiger partial charge in [-0.25, -0.2) is 4.98 Å². The Bertz CT molecular complexity index is 2510. The van der Waals surface area contributed by atoms with E-state index in [0.29, 0.717) is 21.9 Å². The van der Waals surface area contributed by atoms with Gasteiger partial charge in [-0.1, -0.05) is 68.4 Å². The van der Waals surface area contributed by atoms with Crippen molar-refractivity contribution in [2.45, 2.75) is 19.3 Å². The van der Waals surface area contributed by atoms with Gasteiger partial charge in [0.2, 0.25) is 5.43 Å². The normalized spacial score (nSPS) is 13.6. The summed E-state index contributed by atoms with van der Waals surface area (Å²) >= 11 is 0. The van der Waals surface area contributed by atoms with Crippen molar-refractivity contribution in [1.82, 2.24) is 9.55 Å². The number of para-hydroxylation sites is 1. The zero-order valence-corrected chi connectivity index (χ0v) is 23.8. The Kier molecular flexibility index (Phi) is 4.79. The van der Waals surface area contributed by atoms with Crippen molar-refractivity contribution >= 4 is 43.9 Å². The number of nitrogens with zero attached hydrogens (tertiary/aromatic N) is 2. The van der Waals surface area contributed by atoms with Crippen LogP contribution in [0.5, 0.6) is 0 Å². The van der Waals surface area contributed by atoms with Crippen molar-refractivity contribution in [3.8, 4) is 27.9 Å². The number of rotatable bonds is 2. The molecule has 3 aromatic heterocycles. The molecule has 3 heterocycles. The lowest BCUT2D eigenvalue weighted by Gasteiger charge is -2.21. The molecule has 0 amide bonds. The minimum atomic E-state index is -0.101. The lowest BCUT2D eigenvalue weighted by molar-refractivity contribution is 0.660. The van der Waals surface area contributed by atoms with E-state index < -0.39 is 0 Å². The molecule has 4 heteroatoms. The minimum absolute atomic E-state index is 0.00823. The first-order chi connectivity index (χ1) is 21.0. The van der Waals surface area contributed by atoms with Crippen molar-refractivity contribution in [3.63, 3.8) is 0 Å². The summed E-state index contributed by atoms with van der Waals surface area (Å²) in [6.45, 7) is 4.63. The Hall–Kier alpha value is -5.48. The smallest absolute Gasteiger partial charge is 0.200 e. The number of aromatic nitrogens is 2. The van der Waals surface area contributed by atoms with Crippen LogP contribution in [0.3, 0.4) is 0 Å². The lowest BCUT2D eigenvalue weighted by atomic mass is 9.82. The van der Waals surface area contributed by atoms with Gasteiger partial charge in [-0.05, 0) is 94.0 Å². The van der Waals surface area contributed by atoms with Crippen LogP contribution in [0.1, 0.15) is 25.0 Å². The van der Waals surface area contributed by atoms with Crippen LogP contribution in [-0.4, -0.2) is 9.55 Å². The summed E-state index contributed by atoms with van der Waals surface area (Å²) in [4.78, 5) is 18.0. The van der Waals surface area contributed by atoms with Crippen LogP contribution in [0, 0.1) is 0 Å². The molecule has 43 heavy (non-hydrogen) atoms. The van der Waals surface area contributed by atoms with Crippen molar-refractivity contribution in [1.29, 1.82) is 0 Å². The van der Waals surface area contributed by atoms with E-state index in [1.807, 2.05) is 54.7 Å². The summed E-state index contributed by atoms with van der Waals surface area (Å²) in [6, 6.07) is 39.4. The monoisotopic (exact) mass is 554 g/mol. The van der Waals surface area contributed by atoms with Crippen LogP contribution in [0.2, 0.25) is 0 Å². The van der Waals surface area contributed by atoms with Gasteiger partial charge in [0.05, 0.1) is 16.3 Å². The number of benzene rings is 5. The maximum Gasteiger partial charge on any atom is 0.200 e. The molecule has 0 aliphatic heterocycles. The molecular weight excluding hydrogens is 528 g/mol. The Morgan fingerprint density at radius 1 is 0.628 bits per heavy atom. The van der Waals surface area contributed by atoms with Gasteiger partial charge in [-0.3, -0.25) is 9.36 Å². The van der Waals surface area contributed by atoms with Gasteiger partial charge in [0, 0.05) is 28.1 Å². The molecule has 0 N–H and O–H groups in total. The Morgan fingerprint density at radius 2 is 1.42 bits per heavy atom. The predicted octanol–water partition coefficient (Wildman–Crippen LogP) is 9.41. The van der Waals surface area contributed by atoms with E-state index in [4.69, 9.17) is 9.40 Å². The fourth-order valence-corrected chi connectivity index (χ4v) is 7.10. The molecule has 9 rings (SSSR count). The first-order valence-corrected chi connectivity index (χ1v) is 14.6.